The minimum atomic E-state index is -1.08. The molecule has 3 rings (SSSR count). The normalized spacial score (nSPS) is 41.1. The van der Waals surface area contributed by atoms with Gasteiger partial charge >= 0.3 is 5.97 Å². The first-order valence-corrected chi connectivity index (χ1v) is 6.89. The molecular formula is C16H18O4. The number of carbonyl (C=O) groups is 2. The third-order valence-electron chi connectivity index (χ3n) is 4.58. The molecule has 5 atom stereocenters. The number of rotatable bonds is 1. The second kappa shape index (κ2) is 4.42. The van der Waals surface area contributed by atoms with Crippen LogP contribution in [0.15, 0.2) is 36.5 Å². The van der Waals surface area contributed by atoms with E-state index in [9.17, 15) is 9.59 Å². The fourth-order valence-corrected chi connectivity index (χ4v) is 3.62. The summed E-state index contributed by atoms with van der Waals surface area (Å²) in [6, 6.07) is 0. The molecule has 4 heteroatoms. The zero-order chi connectivity index (χ0) is 14.5. The number of allylic oxidation sites excluding steroid dienone is 3. The highest BCUT2D eigenvalue weighted by atomic mass is 16.5. The van der Waals surface area contributed by atoms with Gasteiger partial charge in [-0.1, -0.05) is 36.5 Å². The van der Waals surface area contributed by atoms with Gasteiger partial charge in [0, 0.05) is 5.92 Å². The number of hydrogen-bond donors (Lipinski definition) is 1. The lowest BCUT2D eigenvalue weighted by atomic mass is 9.63. The molecule has 0 radical (unpaired) electrons. The molecule has 1 fully saturated rings. The van der Waals surface area contributed by atoms with Crippen LogP contribution in [-0.2, 0) is 14.3 Å². The number of Topliss-reactive ketones (excluding diaryl/α,β-unsaturated/α-hetero) is 1. The van der Waals surface area contributed by atoms with Crippen molar-refractivity contribution in [3.8, 4) is 0 Å². The summed E-state index contributed by atoms with van der Waals surface area (Å²) in [5.41, 5.74) is -0.367. The SMILES string of the molecule is CC1(C)OC2C=CC(C(=O)O)C(=O)C2C2C=CC=CC21. The number of carboxylic acid groups (broad SMARTS) is 1. The molecule has 1 heterocycles. The maximum atomic E-state index is 12.5. The van der Waals surface area contributed by atoms with Crippen molar-refractivity contribution < 1.29 is 19.4 Å². The Morgan fingerprint density at radius 1 is 1.20 bits per heavy atom. The maximum absolute atomic E-state index is 12.5. The van der Waals surface area contributed by atoms with Crippen LogP contribution >= 0.6 is 0 Å². The highest BCUT2D eigenvalue weighted by Crippen LogP contribution is 2.47. The van der Waals surface area contributed by atoms with E-state index in [1.165, 1.54) is 6.08 Å². The van der Waals surface area contributed by atoms with E-state index in [4.69, 9.17) is 9.84 Å². The molecule has 4 nitrogen and oxygen atoms in total. The van der Waals surface area contributed by atoms with Gasteiger partial charge in [-0.05, 0) is 19.8 Å². The van der Waals surface area contributed by atoms with Crippen molar-refractivity contribution in [2.75, 3.05) is 0 Å². The van der Waals surface area contributed by atoms with Gasteiger partial charge in [0.25, 0.3) is 0 Å². The van der Waals surface area contributed by atoms with E-state index in [-0.39, 0.29) is 29.3 Å². The van der Waals surface area contributed by atoms with Crippen LogP contribution in [0.5, 0.6) is 0 Å². The van der Waals surface area contributed by atoms with Gasteiger partial charge < -0.3 is 9.84 Å². The van der Waals surface area contributed by atoms with E-state index in [0.717, 1.165) is 0 Å². The summed E-state index contributed by atoms with van der Waals surface area (Å²) in [7, 11) is 0. The summed E-state index contributed by atoms with van der Waals surface area (Å²) in [5, 5.41) is 9.15. The highest BCUT2D eigenvalue weighted by Gasteiger charge is 2.53. The molecule has 0 aromatic rings. The molecule has 1 aliphatic heterocycles. The first-order chi connectivity index (χ1) is 9.42. The van der Waals surface area contributed by atoms with Crippen molar-refractivity contribution in [2.24, 2.45) is 23.7 Å². The Balaban J connectivity index is 2.01. The van der Waals surface area contributed by atoms with Gasteiger partial charge in [-0.2, -0.15) is 0 Å². The monoisotopic (exact) mass is 274 g/mol. The average molecular weight is 274 g/mol. The predicted octanol–water partition coefficient (Wildman–Crippen LogP) is 1.98. The van der Waals surface area contributed by atoms with E-state index in [0.29, 0.717) is 0 Å². The molecule has 1 saturated heterocycles. The van der Waals surface area contributed by atoms with E-state index in [1.54, 1.807) is 6.08 Å². The maximum Gasteiger partial charge on any atom is 0.317 e. The standard InChI is InChI=1S/C16H18O4/c1-16(2)11-6-4-3-5-9(11)13-12(20-16)8-7-10(14(13)17)15(18)19/h3-13H,1-2H3,(H,18,19). The van der Waals surface area contributed by atoms with Gasteiger partial charge in [-0.3, -0.25) is 9.59 Å². The first kappa shape index (κ1) is 13.3. The second-order valence-electron chi connectivity index (χ2n) is 6.19. The van der Waals surface area contributed by atoms with E-state index >= 15 is 0 Å². The molecule has 0 spiro atoms. The van der Waals surface area contributed by atoms with Gasteiger partial charge in [0.15, 0.2) is 5.78 Å². The molecular weight excluding hydrogens is 256 g/mol. The van der Waals surface area contributed by atoms with Crippen LogP contribution in [0.4, 0.5) is 0 Å². The molecule has 5 unspecified atom stereocenters. The number of ketones is 1. The van der Waals surface area contributed by atoms with Crippen LogP contribution in [-0.4, -0.2) is 28.6 Å². The summed E-state index contributed by atoms with van der Waals surface area (Å²) < 4.78 is 6.06. The average Bonchev–Trinajstić information content (AvgIpc) is 2.38. The fraction of sp³-hybridized carbons (Fsp3) is 0.500. The Kier molecular flexibility index (Phi) is 2.94. The molecule has 20 heavy (non-hydrogen) atoms. The zero-order valence-corrected chi connectivity index (χ0v) is 11.5. The predicted molar refractivity (Wildman–Crippen MR) is 73.0 cm³/mol. The quantitative estimate of drug-likeness (QED) is 0.586. The first-order valence-electron chi connectivity index (χ1n) is 6.89. The lowest BCUT2D eigenvalue weighted by Crippen LogP contribution is -2.56. The van der Waals surface area contributed by atoms with Crippen molar-refractivity contribution in [2.45, 2.75) is 25.6 Å². The van der Waals surface area contributed by atoms with Crippen LogP contribution in [0, 0.1) is 23.7 Å². The van der Waals surface area contributed by atoms with Crippen molar-refractivity contribution in [3.05, 3.63) is 36.5 Å². The van der Waals surface area contributed by atoms with Crippen molar-refractivity contribution >= 4 is 11.8 Å². The highest BCUT2D eigenvalue weighted by molar-refractivity contribution is 6.02. The van der Waals surface area contributed by atoms with Crippen LogP contribution < -0.4 is 0 Å². The fourth-order valence-electron chi connectivity index (χ4n) is 3.62. The Bertz CT molecular complexity index is 541. The van der Waals surface area contributed by atoms with Gasteiger partial charge in [0.2, 0.25) is 0 Å². The molecule has 106 valence electrons. The van der Waals surface area contributed by atoms with E-state index in [2.05, 4.69) is 6.08 Å². The second-order valence-corrected chi connectivity index (χ2v) is 6.19. The van der Waals surface area contributed by atoms with Crippen LogP contribution in [0.2, 0.25) is 0 Å². The van der Waals surface area contributed by atoms with Gasteiger partial charge in [0.1, 0.15) is 5.92 Å². The Morgan fingerprint density at radius 2 is 1.90 bits per heavy atom. The smallest absolute Gasteiger partial charge is 0.317 e. The third kappa shape index (κ3) is 1.86. The number of carboxylic acids is 1. The van der Waals surface area contributed by atoms with Crippen LogP contribution in [0.3, 0.4) is 0 Å². The molecule has 0 aromatic carbocycles. The topological polar surface area (TPSA) is 63.6 Å². The minimum absolute atomic E-state index is 0.00745. The van der Waals surface area contributed by atoms with E-state index < -0.39 is 17.8 Å². The van der Waals surface area contributed by atoms with Crippen molar-refractivity contribution in [1.82, 2.24) is 0 Å². The molecule has 1 N–H and O–H groups in total. The Morgan fingerprint density at radius 3 is 2.60 bits per heavy atom. The van der Waals surface area contributed by atoms with Crippen molar-refractivity contribution in [3.63, 3.8) is 0 Å². The van der Waals surface area contributed by atoms with Gasteiger partial charge in [-0.25, -0.2) is 0 Å². The molecule has 3 aliphatic rings. The number of hydrogen-bond acceptors (Lipinski definition) is 3. The minimum Gasteiger partial charge on any atom is -0.480 e. The summed E-state index contributed by atoms with van der Waals surface area (Å²) in [4.78, 5) is 23.7. The molecule has 0 saturated carbocycles. The van der Waals surface area contributed by atoms with Crippen LogP contribution in [0.25, 0.3) is 0 Å². The zero-order valence-electron chi connectivity index (χ0n) is 11.5. The number of aliphatic carboxylic acids is 1. The van der Waals surface area contributed by atoms with Crippen LogP contribution in [0.1, 0.15) is 13.8 Å². The van der Waals surface area contributed by atoms with Gasteiger partial charge in [-0.15, -0.1) is 0 Å². The number of fused-ring (bicyclic) bond motifs is 3. The summed E-state index contributed by atoms with van der Waals surface area (Å²) in [6.45, 7) is 4.04. The number of carbonyl (C=O) groups excluding carboxylic acids is 1. The third-order valence-corrected chi connectivity index (χ3v) is 4.58. The lowest BCUT2D eigenvalue weighted by Gasteiger charge is -2.50. The summed E-state index contributed by atoms with van der Waals surface area (Å²) in [6.07, 6.45) is 10.8. The Hall–Kier alpha value is -1.68. The number of ether oxygens (including phenoxy) is 1. The lowest BCUT2D eigenvalue weighted by molar-refractivity contribution is -0.173. The van der Waals surface area contributed by atoms with E-state index in [1.807, 2.05) is 32.1 Å². The summed E-state index contributed by atoms with van der Waals surface area (Å²) >= 11 is 0. The largest absolute Gasteiger partial charge is 0.480 e. The summed E-state index contributed by atoms with van der Waals surface area (Å²) in [5.74, 6) is -2.66. The molecule has 0 aromatic heterocycles. The molecule has 2 aliphatic carbocycles. The molecule has 0 amide bonds. The Labute approximate surface area is 117 Å². The van der Waals surface area contributed by atoms with Gasteiger partial charge in [0.05, 0.1) is 17.6 Å². The van der Waals surface area contributed by atoms with Crippen molar-refractivity contribution in [1.29, 1.82) is 0 Å². The molecule has 0 bridgehead atoms.